The molecule has 0 atom stereocenters. The Morgan fingerprint density at radius 1 is 1.15 bits per heavy atom. The number of benzene rings is 2. The van der Waals surface area contributed by atoms with Crippen molar-refractivity contribution in [3.63, 3.8) is 0 Å². The molecule has 136 valence electrons. The van der Waals surface area contributed by atoms with Crippen LogP contribution in [-0.2, 0) is 17.8 Å². The number of rotatable bonds is 6. The Morgan fingerprint density at radius 2 is 1.96 bits per heavy atom. The van der Waals surface area contributed by atoms with Crippen LogP contribution >= 0.6 is 11.3 Å². The molecule has 0 saturated carbocycles. The lowest BCUT2D eigenvalue weighted by Crippen LogP contribution is -2.15. The zero-order chi connectivity index (χ0) is 18.6. The Hall–Kier alpha value is -3.26. The van der Waals surface area contributed by atoms with E-state index in [9.17, 15) is 9.18 Å². The van der Waals surface area contributed by atoms with Gasteiger partial charge in [-0.1, -0.05) is 12.1 Å². The van der Waals surface area contributed by atoms with Crippen LogP contribution in [0.5, 0.6) is 5.75 Å². The summed E-state index contributed by atoms with van der Waals surface area (Å²) in [6.07, 6.45) is 0.143. The molecule has 8 heteroatoms. The first-order valence-electron chi connectivity index (χ1n) is 8.22. The number of hydrogen-bond donors (Lipinski definition) is 2. The number of fused-ring (bicyclic) bond motifs is 1. The number of amides is 1. The minimum atomic E-state index is -0.311. The van der Waals surface area contributed by atoms with E-state index >= 15 is 0 Å². The molecule has 2 aromatic carbocycles. The van der Waals surface area contributed by atoms with E-state index in [2.05, 4.69) is 20.3 Å². The number of aromatic amines is 1. The Bertz CT molecular complexity index is 1040. The molecular formula is C19H15FN4O2S. The van der Waals surface area contributed by atoms with Crippen LogP contribution in [0.2, 0.25) is 0 Å². The summed E-state index contributed by atoms with van der Waals surface area (Å²) in [6, 6.07) is 13.4. The van der Waals surface area contributed by atoms with Crippen LogP contribution in [-0.4, -0.2) is 20.9 Å². The van der Waals surface area contributed by atoms with Gasteiger partial charge in [0.2, 0.25) is 11.9 Å². The highest BCUT2D eigenvalue weighted by molar-refractivity contribution is 7.09. The Balaban J connectivity index is 1.32. The highest BCUT2D eigenvalue weighted by Gasteiger charge is 2.11. The fraction of sp³-hybridized carbons (Fsp3) is 0.105. The minimum absolute atomic E-state index is 0.143. The number of hydrogen-bond acceptors (Lipinski definition) is 5. The minimum Gasteiger partial charge on any atom is -0.486 e. The Kier molecular flexibility index (Phi) is 4.80. The van der Waals surface area contributed by atoms with E-state index in [1.54, 1.807) is 12.1 Å². The number of halogens is 1. The summed E-state index contributed by atoms with van der Waals surface area (Å²) >= 11 is 1.41. The van der Waals surface area contributed by atoms with Gasteiger partial charge in [0.1, 0.15) is 23.2 Å². The fourth-order valence-corrected chi connectivity index (χ4v) is 3.23. The van der Waals surface area contributed by atoms with Crippen LogP contribution in [0.25, 0.3) is 11.0 Å². The predicted molar refractivity (Wildman–Crippen MR) is 101 cm³/mol. The molecule has 0 bridgehead atoms. The maximum atomic E-state index is 12.9. The normalized spacial score (nSPS) is 10.9. The highest BCUT2D eigenvalue weighted by atomic mass is 32.1. The van der Waals surface area contributed by atoms with Crippen molar-refractivity contribution in [1.29, 1.82) is 0 Å². The van der Waals surface area contributed by atoms with Crippen molar-refractivity contribution in [2.45, 2.75) is 13.0 Å². The van der Waals surface area contributed by atoms with Crippen molar-refractivity contribution in [2.24, 2.45) is 0 Å². The monoisotopic (exact) mass is 382 g/mol. The van der Waals surface area contributed by atoms with Gasteiger partial charge in [-0.15, -0.1) is 11.3 Å². The molecule has 0 aliphatic heterocycles. The highest BCUT2D eigenvalue weighted by Crippen LogP contribution is 2.17. The third kappa shape index (κ3) is 4.29. The third-order valence-corrected chi connectivity index (χ3v) is 4.64. The van der Waals surface area contributed by atoms with Gasteiger partial charge >= 0.3 is 0 Å². The van der Waals surface area contributed by atoms with Crippen LogP contribution in [0.3, 0.4) is 0 Å². The van der Waals surface area contributed by atoms with Gasteiger partial charge in [0.05, 0.1) is 23.1 Å². The number of thiazole rings is 1. The van der Waals surface area contributed by atoms with Crippen molar-refractivity contribution in [2.75, 3.05) is 5.32 Å². The third-order valence-electron chi connectivity index (χ3n) is 3.76. The second-order valence-corrected chi connectivity index (χ2v) is 6.75. The molecule has 0 radical (unpaired) electrons. The largest absolute Gasteiger partial charge is 0.486 e. The molecular weight excluding hydrogens is 367 g/mol. The Labute approximate surface area is 158 Å². The van der Waals surface area contributed by atoms with Gasteiger partial charge in [0, 0.05) is 5.38 Å². The summed E-state index contributed by atoms with van der Waals surface area (Å²) < 4.78 is 18.4. The van der Waals surface area contributed by atoms with E-state index in [1.807, 2.05) is 29.6 Å². The molecule has 0 saturated heterocycles. The van der Waals surface area contributed by atoms with E-state index in [-0.39, 0.29) is 24.8 Å². The second-order valence-electron chi connectivity index (χ2n) is 5.80. The van der Waals surface area contributed by atoms with E-state index in [1.165, 1.54) is 23.5 Å². The van der Waals surface area contributed by atoms with Crippen LogP contribution in [0.1, 0.15) is 10.7 Å². The SMILES string of the molecule is O=C(Cc1csc(COc2ccc(F)cc2)n1)Nc1nc2ccccc2[nH]1. The fourth-order valence-electron chi connectivity index (χ4n) is 2.53. The molecule has 0 aliphatic rings. The molecule has 4 aromatic rings. The molecule has 1 amide bonds. The number of ether oxygens (including phenoxy) is 1. The number of nitrogens with one attached hydrogen (secondary N) is 2. The molecule has 2 aromatic heterocycles. The lowest BCUT2D eigenvalue weighted by molar-refractivity contribution is -0.115. The summed E-state index contributed by atoms with van der Waals surface area (Å²) in [5.41, 5.74) is 2.31. The van der Waals surface area contributed by atoms with Gasteiger partial charge in [-0.3, -0.25) is 10.1 Å². The first kappa shape index (κ1) is 17.2. The predicted octanol–water partition coefficient (Wildman–Crippen LogP) is 3.92. The molecule has 27 heavy (non-hydrogen) atoms. The molecule has 0 spiro atoms. The number of carbonyl (C=O) groups is 1. The van der Waals surface area contributed by atoms with Crippen LogP contribution < -0.4 is 10.1 Å². The standard InChI is InChI=1S/C19H15FN4O2S/c20-12-5-7-14(8-6-12)26-10-18-21-13(11-27-18)9-17(25)24-19-22-15-3-1-2-4-16(15)23-19/h1-8,11H,9-10H2,(H2,22,23,24,25). The average Bonchev–Trinajstić information content (AvgIpc) is 3.27. The molecule has 0 aliphatic carbocycles. The van der Waals surface area contributed by atoms with E-state index in [0.717, 1.165) is 16.0 Å². The zero-order valence-corrected chi connectivity index (χ0v) is 14.9. The van der Waals surface area contributed by atoms with Crippen molar-refractivity contribution in [3.05, 3.63) is 70.4 Å². The van der Waals surface area contributed by atoms with Gasteiger partial charge in [-0.2, -0.15) is 0 Å². The maximum Gasteiger partial charge on any atom is 0.232 e. The van der Waals surface area contributed by atoms with E-state index in [0.29, 0.717) is 17.4 Å². The molecule has 0 unspecified atom stereocenters. The van der Waals surface area contributed by atoms with Crippen molar-refractivity contribution in [1.82, 2.24) is 15.0 Å². The Morgan fingerprint density at radius 3 is 2.78 bits per heavy atom. The van der Waals surface area contributed by atoms with Crippen molar-refractivity contribution in [3.8, 4) is 5.75 Å². The van der Waals surface area contributed by atoms with Crippen LogP contribution in [0.15, 0.2) is 53.9 Å². The number of anilines is 1. The zero-order valence-electron chi connectivity index (χ0n) is 14.1. The average molecular weight is 382 g/mol. The van der Waals surface area contributed by atoms with Gasteiger partial charge in [0.25, 0.3) is 0 Å². The first-order chi connectivity index (χ1) is 13.2. The quantitative estimate of drug-likeness (QED) is 0.530. The lowest BCUT2D eigenvalue weighted by Gasteiger charge is -2.03. The van der Waals surface area contributed by atoms with Gasteiger partial charge < -0.3 is 9.72 Å². The van der Waals surface area contributed by atoms with E-state index < -0.39 is 0 Å². The number of aromatic nitrogens is 3. The number of H-pyrrole nitrogens is 1. The number of carbonyl (C=O) groups excluding carboxylic acids is 1. The summed E-state index contributed by atoms with van der Waals surface area (Å²) in [5, 5.41) is 5.31. The summed E-state index contributed by atoms with van der Waals surface area (Å²) in [6.45, 7) is 0.265. The van der Waals surface area contributed by atoms with Crippen LogP contribution in [0, 0.1) is 5.82 Å². The topological polar surface area (TPSA) is 79.9 Å². The summed E-state index contributed by atoms with van der Waals surface area (Å²) in [7, 11) is 0. The summed E-state index contributed by atoms with van der Waals surface area (Å²) in [5.74, 6) is 0.465. The van der Waals surface area contributed by atoms with E-state index in [4.69, 9.17) is 4.74 Å². The van der Waals surface area contributed by atoms with Gasteiger partial charge in [-0.25, -0.2) is 14.4 Å². The molecule has 2 N–H and O–H groups in total. The molecule has 0 fully saturated rings. The number of nitrogens with zero attached hydrogens (tertiary/aromatic N) is 2. The first-order valence-corrected chi connectivity index (χ1v) is 9.10. The maximum absolute atomic E-state index is 12.9. The smallest absolute Gasteiger partial charge is 0.232 e. The number of imidazole rings is 1. The van der Waals surface area contributed by atoms with Gasteiger partial charge in [0.15, 0.2) is 0 Å². The van der Waals surface area contributed by atoms with Crippen LogP contribution in [0.4, 0.5) is 10.3 Å². The van der Waals surface area contributed by atoms with Crippen molar-refractivity contribution >= 4 is 34.2 Å². The molecule has 2 heterocycles. The van der Waals surface area contributed by atoms with Crippen molar-refractivity contribution < 1.29 is 13.9 Å². The van der Waals surface area contributed by atoms with Gasteiger partial charge in [-0.05, 0) is 36.4 Å². The molecule has 4 rings (SSSR count). The lowest BCUT2D eigenvalue weighted by atomic mass is 10.3. The number of para-hydroxylation sites is 2. The summed E-state index contributed by atoms with van der Waals surface area (Å²) in [4.78, 5) is 24.0. The molecule has 6 nitrogen and oxygen atoms in total. The second kappa shape index (κ2) is 7.55.